The number of anilines is 1. The Balaban J connectivity index is 1.83. The number of hydrogen-bond donors (Lipinski definition) is 3. The Bertz CT molecular complexity index is 1370. The fraction of sp³-hybridized carbons (Fsp3) is 0.241. The maximum absolute atomic E-state index is 11.1. The summed E-state index contributed by atoms with van der Waals surface area (Å²) >= 11 is 0. The molecule has 3 N–H and O–H groups in total. The Morgan fingerprint density at radius 1 is 0.938 bits per heavy atom. The highest BCUT2D eigenvalue weighted by Gasteiger charge is 2.40. The minimum atomic E-state index is -0.525. The normalized spacial score (nSPS) is 19.0. The smallest absolute Gasteiger partial charge is 0.0831 e. The molecule has 2 unspecified atom stereocenters. The number of fused-ring (bicyclic) bond motifs is 2. The molecule has 3 aromatic carbocycles. The van der Waals surface area contributed by atoms with Crippen LogP contribution < -0.4 is 5.32 Å². The van der Waals surface area contributed by atoms with Crippen molar-refractivity contribution in [1.82, 2.24) is 4.98 Å². The quantitative estimate of drug-likeness (QED) is 0.321. The Morgan fingerprint density at radius 3 is 2.50 bits per heavy atom. The van der Waals surface area contributed by atoms with Crippen LogP contribution in [0.3, 0.4) is 0 Å². The van der Waals surface area contributed by atoms with Gasteiger partial charge < -0.3 is 15.4 Å². The van der Waals surface area contributed by atoms with Crippen LogP contribution in [0.2, 0.25) is 0 Å². The van der Waals surface area contributed by atoms with Gasteiger partial charge in [-0.25, -0.2) is 0 Å². The molecule has 2 atom stereocenters. The second-order valence-corrected chi connectivity index (χ2v) is 9.35. The molecule has 1 aromatic heterocycles. The lowest BCUT2D eigenvalue weighted by Crippen LogP contribution is -2.50. The molecule has 1 aliphatic heterocycles. The molecule has 32 heavy (non-hydrogen) atoms. The lowest BCUT2D eigenvalue weighted by Gasteiger charge is -2.43. The summed E-state index contributed by atoms with van der Waals surface area (Å²) in [4.78, 5) is 3.41. The number of hydrogen-bond acceptors (Lipinski definition) is 2. The first-order chi connectivity index (χ1) is 15.4. The molecule has 0 spiro atoms. The van der Waals surface area contributed by atoms with Crippen LogP contribution in [0.1, 0.15) is 48.9 Å². The van der Waals surface area contributed by atoms with Crippen LogP contribution in [0.5, 0.6) is 0 Å². The zero-order chi connectivity index (χ0) is 22.5. The third-order valence-electron chi connectivity index (χ3n) is 6.66. The van der Waals surface area contributed by atoms with Crippen molar-refractivity contribution in [3.05, 3.63) is 89.1 Å². The lowest BCUT2D eigenvalue weighted by molar-refractivity contribution is 0.0868. The summed E-state index contributed by atoms with van der Waals surface area (Å²) in [5.41, 5.74) is 8.21. The molecule has 0 radical (unpaired) electrons. The van der Waals surface area contributed by atoms with Crippen molar-refractivity contribution in [3.8, 4) is 23.0 Å². The molecule has 0 saturated heterocycles. The predicted octanol–water partition coefficient (Wildman–Crippen LogP) is 6.21. The summed E-state index contributed by atoms with van der Waals surface area (Å²) in [6.07, 6.45) is 1.45. The van der Waals surface area contributed by atoms with E-state index in [-0.39, 0.29) is 5.92 Å². The molecule has 3 heteroatoms. The van der Waals surface area contributed by atoms with Gasteiger partial charge in [0.15, 0.2) is 0 Å². The number of aromatic amines is 1. The van der Waals surface area contributed by atoms with Gasteiger partial charge in [-0.05, 0) is 61.5 Å². The Morgan fingerprint density at radius 2 is 1.72 bits per heavy atom. The second kappa shape index (κ2) is 7.58. The second-order valence-electron chi connectivity index (χ2n) is 9.35. The fourth-order valence-corrected chi connectivity index (χ4v) is 4.96. The first-order valence-corrected chi connectivity index (χ1v) is 11.1. The van der Waals surface area contributed by atoms with Crippen molar-refractivity contribution in [3.63, 3.8) is 0 Å². The Kier molecular flexibility index (Phi) is 4.84. The van der Waals surface area contributed by atoms with Crippen molar-refractivity contribution >= 4 is 16.6 Å². The van der Waals surface area contributed by atoms with Crippen LogP contribution in [-0.4, -0.2) is 21.7 Å². The molecule has 0 saturated carbocycles. The van der Waals surface area contributed by atoms with Crippen molar-refractivity contribution < 1.29 is 5.11 Å². The van der Waals surface area contributed by atoms with Gasteiger partial charge in [0.2, 0.25) is 0 Å². The van der Waals surface area contributed by atoms with Gasteiger partial charge >= 0.3 is 0 Å². The van der Waals surface area contributed by atoms with Crippen molar-refractivity contribution in [2.45, 2.75) is 45.3 Å². The van der Waals surface area contributed by atoms with Crippen LogP contribution in [0, 0.1) is 18.8 Å². The maximum Gasteiger partial charge on any atom is 0.0831 e. The fourth-order valence-electron chi connectivity index (χ4n) is 4.96. The van der Waals surface area contributed by atoms with E-state index in [1.54, 1.807) is 0 Å². The van der Waals surface area contributed by atoms with Crippen molar-refractivity contribution in [2.24, 2.45) is 0 Å². The van der Waals surface area contributed by atoms with Crippen LogP contribution in [0.4, 0.5) is 5.69 Å². The molecule has 3 nitrogen and oxygen atoms in total. The monoisotopic (exact) mass is 420 g/mol. The van der Waals surface area contributed by atoms with E-state index in [1.807, 2.05) is 36.5 Å². The minimum absolute atomic E-state index is 0.0529. The molecular weight excluding hydrogens is 392 g/mol. The molecule has 4 aromatic rings. The van der Waals surface area contributed by atoms with E-state index in [0.717, 1.165) is 44.6 Å². The van der Waals surface area contributed by atoms with E-state index in [0.29, 0.717) is 0 Å². The van der Waals surface area contributed by atoms with Crippen molar-refractivity contribution in [1.29, 1.82) is 0 Å². The number of rotatable bonds is 1. The highest BCUT2D eigenvalue weighted by molar-refractivity contribution is 5.97. The van der Waals surface area contributed by atoms with E-state index in [4.69, 9.17) is 0 Å². The number of aryl methyl sites for hydroxylation is 1. The van der Waals surface area contributed by atoms with E-state index in [2.05, 4.69) is 80.2 Å². The number of aliphatic hydroxyl groups is 1. The summed E-state index contributed by atoms with van der Waals surface area (Å²) < 4.78 is 0. The minimum Gasteiger partial charge on any atom is -0.390 e. The molecule has 0 fully saturated rings. The van der Waals surface area contributed by atoms with E-state index in [1.165, 1.54) is 5.39 Å². The van der Waals surface area contributed by atoms with Gasteiger partial charge in [-0.1, -0.05) is 55.2 Å². The summed E-state index contributed by atoms with van der Waals surface area (Å²) in [5.74, 6) is 6.82. The number of H-pyrrole nitrogens is 1. The number of aliphatic hydroxyl groups excluding tert-OH is 1. The Labute approximate surface area is 189 Å². The van der Waals surface area contributed by atoms with Gasteiger partial charge in [-0.3, -0.25) is 0 Å². The summed E-state index contributed by atoms with van der Waals surface area (Å²) in [5, 5.41) is 15.9. The van der Waals surface area contributed by atoms with Crippen LogP contribution in [0.25, 0.3) is 22.0 Å². The molecular formula is C29H28N2O. The van der Waals surface area contributed by atoms with Crippen LogP contribution in [0.15, 0.2) is 66.9 Å². The number of nitrogens with one attached hydrogen (secondary N) is 2. The highest BCUT2D eigenvalue weighted by Crippen LogP contribution is 2.46. The van der Waals surface area contributed by atoms with Gasteiger partial charge in [0.25, 0.3) is 0 Å². The maximum atomic E-state index is 11.1. The van der Waals surface area contributed by atoms with E-state index in [9.17, 15) is 5.11 Å². The van der Waals surface area contributed by atoms with Gasteiger partial charge in [0.1, 0.15) is 0 Å². The topological polar surface area (TPSA) is 48.0 Å². The lowest BCUT2D eigenvalue weighted by atomic mass is 9.75. The third-order valence-corrected chi connectivity index (χ3v) is 6.66. The summed E-state index contributed by atoms with van der Waals surface area (Å²) in [6.45, 7) is 8.36. The molecule has 0 bridgehead atoms. The Hall–Kier alpha value is -3.48. The zero-order valence-corrected chi connectivity index (χ0v) is 19.0. The number of aromatic nitrogens is 1. The van der Waals surface area contributed by atoms with Gasteiger partial charge in [0, 0.05) is 40.1 Å². The SMILES string of the molecule is Cc1cc(-c2cccc3cc[nH]c23)c(C#Cc2ccccc2)c2c1NC(C)(C)C(O)C2C. The number of benzene rings is 3. The van der Waals surface area contributed by atoms with E-state index >= 15 is 0 Å². The van der Waals surface area contributed by atoms with E-state index < -0.39 is 11.6 Å². The predicted molar refractivity (Wildman–Crippen MR) is 133 cm³/mol. The largest absolute Gasteiger partial charge is 0.390 e. The first kappa shape index (κ1) is 20.4. The zero-order valence-electron chi connectivity index (χ0n) is 19.0. The van der Waals surface area contributed by atoms with Crippen LogP contribution >= 0.6 is 0 Å². The molecule has 1 aliphatic rings. The van der Waals surface area contributed by atoms with Gasteiger partial charge in [0.05, 0.1) is 17.2 Å². The average Bonchev–Trinajstić information content (AvgIpc) is 3.27. The molecule has 0 aliphatic carbocycles. The summed E-state index contributed by atoms with van der Waals surface area (Å²) in [7, 11) is 0. The third kappa shape index (κ3) is 3.28. The number of para-hydroxylation sites is 1. The molecule has 5 rings (SSSR count). The van der Waals surface area contributed by atoms with Gasteiger partial charge in [-0.15, -0.1) is 0 Å². The first-order valence-electron chi connectivity index (χ1n) is 11.1. The van der Waals surface area contributed by atoms with Crippen molar-refractivity contribution in [2.75, 3.05) is 5.32 Å². The average molecular weight is 421 g/mol. The molecule has 0 amide bonds. The molecule has 2 heterocycles. The van der Waals surface area contributed by atoms with Gasteiger partial charge in [-0.2, -0.15) is 0 Å². The van der Waals surface area contributed by atoms with Crippen LogP contribution in [-0.2, 0) is 0 Å². The standard InChI is InChI=1S/C29H28N2O/c1-18-17-24(23-12-8-11-21-15-16-30-27(21)23)22(14-13-20-9-6-5-7-10-20)25-19(2)28(32)29(3,4)31-26(18)25/h5-12,15-17,19,28,30-32H,1-4H3. The highest BCUT2D eigenvalue weighted by atomic mass is 16.3. The summed E-state index contributed by atoms with van der Waals surface area (Å²) in [6, 6.07) is 20.7. The molecule has 160 valence electrons.